The van der Waals surface area contributed by atoms with Crippen molar-refractivity contribution in [3.63, 3.8) is 0 Å². The number of Topliss-reactive ketones (excluding diaryl/α,β-unsaturated/α-hetero) is 1. The van der Waals surface area contributed by atoms with Crippen molar-refractivity contribution in [2.24, 2.45) is 0 Å². The number of aliphatic hydroxyl groups excluding tert-OH is 4. The number of methoxy groups -OCH3 is 1. The Hall–Kier alpha value is -2.89. The molecular weight excluding hydrogens is 424 g/mol. The second-order valence-electron chi connectivity index (χ2n) is 7.42. The number of aryl methyl sites for hydroxylation is 1. The number of carbonyl (C=O) groups is 1. The second kappa shape index (κ2) is 10.2. The van der Waals surface area contributed by atoms with Crippen LogP contribution in [0.15, 0.2) is 36.4 Å². The Kier molecular flexibility index (Phi) is 7.54. The van der Waals surface area contributed by atoms with Crippen molar-refractivity contribution >= 4 is 5.78 Å². The molecule has 0 aliphatic carbocycles. The molecule has 3 rings (SSSR count). The van der Waals surface area contributed by atoms with Gasteiger partial charge in [0.1, 0.15) is 53.0 Å². The van der Waals surface area contributed by atoms with E-state index >= 15 is 0 Å². The Balaban J connectivity index is 1.85. The van der Waals surface area contributed by atoms with Gasteiger partial charge in [0, 0.05) is 18.6 Å². The fourth-order valence-electron chi connectivity index (χ4n) is 3.40. The Morgan fingerprint density at radius 1 is 1.03 bits per heavy atom. The summed E-state index contributed by atoms with van der Waals surface area (Å²) in [5, 5.41) is 59.3. The number of benzene rings is 2. The third kappa shape index (κ3) is 5.12. The maximum atomic E-state index is 12.9. The summed E-state index contributed by atoms with van der Waals surface area (Å²) < 4.78 is 16.0. The number of phenols is 2. The zero-order valence-electron chi connectivity index (χ0n) is 17.3. The van der Waals surface area contributed by atoms with Crippen LogP contribution in [0.1, 0.15) is 22.3 Å². The van der Waals surface area contributed by atoms with E-state index in [1.165, 1.54) is 31.4 Å². The van der Waals surface area contributed by atoms with Crippen LogP contribution in [0.3, 0.4) is 0 Å². The average molecular weight is 450 g/mol. The minimum absolute atomic E-state index is 0.00426. The van der Waals surface area contributed by atoms with Gasteiger partial charge in [0.05, 0.1) is 13.7 Å². The average Bonchev–Trinajstić information content (AvgIpc) is 2.78. The number of hydrogen-bond acceptors (Lipinski definition) is 10. The van der Waals surface area contributed by atoms with Crippen LogP contribution in [-0.4, -0.2) is 80.8 Å². The van der Waals surface area contributed by atoms with Gasteiger partial charge in [-0.3, -0.25) is 4.79 Å². The minimum atomic E-state index is -1.69. The monoisotopic (exact) mass is 450 g/mol. The Morgan fingerprint density at radius 2 is 1.72 bits per heavy atom. The summed E-state index contributed by atoms with van der Waals surface area (Å²) in [6.45, 7) is -0.646. The number of rotatable bonds is 8. The van der Waals surface area contributed by atoms with Gasteiger partial charge < -0.3 is 44.8 Å². The highest BCUT2D eigenvalue weighted by molar-refractivity contribution is 6.01. The smallest absolute Gasteiger partial charge is 0.229 e. The summed E-state index contributed by atoms with van der Waals surface area (Å²) in [4.78, 5) is 12.9. The molecule has 0 spiro atoms. The van der Waals surface area contributed by atoms with E-state index in [1.54, 1.807) is 12.1 Å². The number of aliphatic hydroxyl groups is 4. The van der Waals surface area contributed by atoms with Gasteiger partial charge in [-0.2, -0.15) is 0 Å². The van der Waals surface area contributed by atoms with Crippen LogP contribution in [0, 0.1) is 0 Å². The lowest BCUT2D eigenvalue weighted by atomic mass is 9.99. The Bertz CT molecular complexity index is 927. The van der Waals surface area contributed by atoms with Gasteiger partial charge in [-0.15, -0.1) is 0 Å². The van der Waals surface area contributed by atoms with Crippen LogP contribution in [0.2, 0.25) is 0 Å². The molecule has 2 aromatic rings. The molecular formula is C22H26O10. The molecule has 32 heavy (non-hydrogen) atoms. The van der Waals surface area contributed by atoms with Gasteiger partial charge in [-0.25, -0.2) is 0 Å². The fourth-order valence-corrected chi connectivity index (χ4v) is 3.40. The van der Waals surface area contributed by atoms with E-state index in [-0.39, 0.29) is 29.2 Å². The molecule has 0 amide bonds. The van der Waals surface area contributed by atoms with Crippen molar-refractivity contribution in [3.8, 4) is 23.0 Å². The molecule has 0 saturated carbocycles. The first-order valence-corrected chi connectivity index (χ1v) is 9.94. The minimum Gasteiger partial charge on any atom is -0.508 e. The number of ether oxygens (including phenoxy) is 3. The molecule has 0 aromatic heterocycles. The fraction of sp³-hybridized carbons (Fsp3) is 0.409. The molecule has 6 N–H and O–H groups in total. The highest BCUT2D eigenvalue weighted by Crippen LogP contribution is 2.36. The maximum Gasteiger partial charge on any atom is 0.229 e. The summed E-state index contributed by atoms with van der Waals surface area (Å²) in [5.41, 5.74) is 0.613. The van der Waals surface area contributed by atoms with Crippen molar-refractivity contribution in [2.45, 2.75) is 43.5 Å². The van der Waals surface area contributed by atoms with E-state index in [2.05, 4.69) is 0 Å². The second-order valence-corrected chi connectivity index (χ2v) is 7.42. The lowest BCUT2D eigenvalue weighted by molar-refractivity contribution is -0.277. The van der Waals surface area contributed by atoms with Crippen molar-refractivity contribution in [3.05, 3.63) is 47.5 Å². The van der Waals surface area contributed by atoms with Crippen LogP contribution in [0.5, 0.6) is 23.0 Å². The zero-order chi connectivity index (χ0) is 23.4. The molecule has 2 aromatic carbocycles. The third-order valence-corrected chi connectivity index (χ3v) is 5.24. The van der Waals surface area contributed by atoms with E-state index in [9.17, 15) is 35.4 Å². The largest absolute Gasteiger partial charge is 0.508 e. The van der Waals surface area contributed by atoms with Crippen molar-refractivity contribution < 1.29 is 49.6 Å². The first kappa shape index (κ1) is 23.8. The van der Waals surface area contributed by atoms with Gasteiger partial charge in [-0.1, -0.05) is 12.1 Å². The quantitative estimate of drug-likeness (QED) is 0.304. The lowest BCUT2D eigenvalue weighted by Gasteiger charge is -2.39. The molecule has 10 heteroatoms. The van der Waals surface area contributed by atoms with Crippen molar-refractivity contribution in [1.82, 2.24) is 0 Å². The zero-order valence-corrected chi connectivity index (χ0v) is 17.3. The molecule has 0 bridgehead atoms. The van der Waals surface area contributed by atoms with E-state index in [0.717, 1.165) is 5.56 Å². The molecule has 1 fully saturated rings. The molecule has 0 unspecified atom stereocenters. The predicted molar refractivity (Wildman–Crippen MR) is 110 cm³/mol. The van der Waals surface area contributed by atoms with E-state index < -0.39 is 48.8 Å². The highest BCUT2D eigenvalue weighted by atomic mass is 16.7. The summed E-state index contributed by atoms with van der Waals surface area (Å²) in [5.74, 6) is -0.792. The van der Waals surface area contributed by atoms with Crippen molar-refractivity contribution in [2.75, 3.05) is 13.7 Å². The molecule has 1 aliphatic rings. The van der Waals surface area contributed by atoms with E-state index in [4.69, 9.17) is 14.2 Å². The number of ketones is 1. The standard InChI is InChI=1S/C22H26O10/c1-30-13-8-15(26)18(14(25)7-4-11-2-5-12(24)6-3-11)16(9-13)31-22-21(29)20(28)19(27)17(10-23)32-22/h2-3,5-6,8-9,17,19-24,26-29H,4,7,10H2,1H3/t17-,19-,20+,21-,22-/m0/s1. The summed E-state index contributed by atoms with van der Waals surface area (Å²) >= 11 is 0. The first-order chi connectivity index (χ1) is 15.2. The molecule has 10 nitrogen and oxygen atoms in total. The van der Waals surface area contributed by atoms with Crippen LogP contribution in [0.25, 0.3) is 0 Å². The number of phenolic OH excluding ortho intramolecular Hbond substituents is 2. The molecule has 5 atom stereocenters. The summed E-state index contributed by atoms with van der Waals surface area (Å²) in [7, 11) is 1.35. The van der Waals surface area contributed by atoms with Crippen LogP contribution < -0.4 is 9.47 Å². The van der Waals surface area contributed by atoms with Gasteiger partial charge in [-0.05, 0) is 24.1 Å². The first-order valence-electron chi connectivity index (χ1n) is 9.94. The highest BCUT2D eigenvalue weighted by Gasteiger charge is 2.45. The topological polar surface area (TPSA) is 166 Å². The van der Waals surface area contributed by atoms with E-state index in [0.29, 0.717) is 6.42 Å². The van der Waals surface area contributed by atoms with Crippen LogP contribution >= 0.6 is 0 Å². The molecule has 0 radical (unpaired) electrons. The van der Waals surface area contributed by atoms with E-state index in [1.807, 2.05) is 0 Å². The normalized spacial score (nSPS) is 25.3. The molecule has 1 aliphatic heterocycles. The lowest BCUT2D eigenvalue weighted by Crippen LogP contribution is -2.60. The van der Waals surface area contributed by atoms with Gasteiger partial charge in [0.2, 0.25) is 6.29 Å². The Morgan fingerprint density at radius 3 is 2.34 bits per heavy atom. The summed E-state index contributed by atoms with van der Waals surface area (Å²) in [6.07, 6.45) is -7.36. The van der Waals surface area contributed by atoms with Crippen molar-refractivity contribution in [1.29, 1.82) is 0 Å². The number of aromatic hydroxyl groups is 2. The SMILES string of the molecule is COc1cc(O)c(C(=O)CCc2ccc(O)cc2)c(O[C@H]2O[C@@H](CO)[C@H](O)[C@@H](O)[C@@H]2O)c1. The molecule has 174 valence electrons. The van der Waals surface area contributed by atoms with Gasteiger partial charge in [0.15, 0.2) is 5.78 Å². The predicted octanol–water partition coefficient (Wildman–Crippen LogP) is 0.101. The third-order valence-electron chi connectivity index (χ3n) is 5.24. The van der Waals surface area contributed by atoms with Crippen LogP contribution in [0.4, 0.5) is 0 Å². The van der Waals surface area contributed by atoms with Crippen LogP contribution in [-0.2, 0) is 11.2 Å². The molecule has 1 saturated heterocycles. The van der Waals surface area contributed by atoms with Gasteiger partial charge in [0.25, 0.3) is 0 Å². The van der Waals surface area contributed by atoms with Gasteiger partial charge >= 0.3 is 0 Å². The molecule has 1 heterocycles. The Labute approximate surface area is 183 Å². The number of hydrogen-bond donors (Lipinski definition) is 6. The number of carbonyl (C=O) groups excluding carboxylic acids is 1. The summed E-state index contributed by atoms with van der Waals surface area (Å²) in [6, 6.07) is 8.88. The maximum absolute atomic E-state index is 12.9.